The molecule has 0 spiro atoms. The lowest BCUT2D eigenvalue weighted by Crippen LogP contribution is -2.41. The van der Waals surface area contributed by atoms with Crippen LogP contribution in [-0.4, -0.2) is 34.3 Å². The summed E-state index contributed by atoms with van der Waals surface area (Å²) in [6.45, 7) is 10.0. The van der Waals surface area contributed by atoms with Gasteiger partial charge in [0.05, 0.1) is 0 Å². The number of likely N-dealkylation sites (tertiary alicyclic amines) is 1. The fourth-order valence-corrected chi connectivity index (χ4v) is 3.61. The van der Waals surface area contributed by atoms with Gasteiger partial charge in [-0.3, -0.25) is 5.41 Å². The summed E-state index contributed by atoms with van der Waals surface area (Å²) in [6, 6.07) is 0. The van der Waals surface area contributed by atoms with E-state index in [-0.39, 0.29) is 6.09 Å². The Morgan fingerprint density at radius 3 is 2.52 bits per heavy atom. The van der Waals surface area contributed by atoms with Crippen molar-refractivity contribution in [3.8, 4) is 0 Å². The minimum absolute atomic E-state index is 0.211. The number of thiazole rings is 1. The van der Waals surface area contributed by atoms with Gasteiger partial charge in [-0.1, -0.05) is 0 Å². The quantitative estimate of drug-likeness (QED) is 0.912. The molecule has 0 unspecified atom stereocenters. The molecule has 2 rings (SSSR count). The highest BCUT2D eigenvalue weighted by Crippen LogP contribution is 2.30. The van der Waals surface area contributed by atoms with Crippen molar-refractivity contribution < 1.29 is 9.53 Å². The summed E-state index contributed by atoms with van der Waals surface area (Å²) in [5, 5.41) is 7.91. The van der Waals surface area contributed by atoms with Crippen molar-refractivity contribution >= 4 is 17.4 Å². The lowest BCUT2D eigenvalue weighted by atomic mass is 9.96. The van der Waals surface area contributed by atoms with Gasteiger partial charge in [0.25, 0.3) is 0 Å². The summed E-state index contributed by atoms with van der Waals surface area (Å²) < 4.78 is 7.39. The highest BCUT2D eigenvalue weighted by atomic mass is 32.1. The van der Waals surface area contributed by atoms with Crippen molar-refractivity contribution in [2.24, 2.45) is 0 Å². The highest BCUT2D eigenvalue weighted by molar-refractivity contribution is 7.09. The number of nitrogens with zero attached hydrogens (tertiary/aromatic N) is 2. The SMILES string of the molecule is CCn1cc(C2CCN(C(=O)OC(C)(C)C)CC2)sc1=N. The van der Waals surface area contributed by atoms with E-state index in [9.17, 15) is 4.79 Å². The summed E-state index contributed by atoms with van der Waals surface area (Å²) in [5.74, 6) is 0.464. The molecule has 1 aliphatic rings. The molecule has 0 saturated carbocycles. The van der Waals surface area contributed by atoms with E-state index in [1.807, 2.05) is 25.3 Å². The van der Waals surface area contributed by atoms with E-state index in [2.05, 4.69) is 13.1 Å². The lowest BCUT2D eigenvalue weighted by Gasteiger charge is -2.33. The minimum Gasteiger partial charge on any atom is -0.444 e. The molecular formula is C15H25N3O2S. The van der Waals surface area contributed by atoms with E-state index in [0.29, 0.717) is 10.7 Å². The van der Waals surface area contributed by atoms with Crippen LogP contribution in [0.15, 0.2) is 6.20 Å². The maximum Gasteiger partial charge on any atom is 0.410 e. The number of carbonyl (C=O) groups excluding carboxylic acids is 1. The summed E-state index contributed by atoms with van der Waals surface area (Å²) in [5.41, 5.74) is -0.436. The van der Waals surface area contributed by atoms with Crippen LogP contribution in [0.5, 0.6) is 0 Å². The van der Waals surface area contributed by atoms with E-state index in [1.54, 1.807) is 16.2 Å². The van der Waals surface area contributed by atoms with Gasteiger partial charge in [-0.25, -0.2) is 4.79 Å². The molecule has 0 atom stereocenters. The average Bonchev–Trinajstić information content (AvgIpc) is 2.78. The molecule has 1 aliphatic heterocycles. The second-order valence-corrected chi connectivity index (χ2v) is 7.53. The molecule has 0 aromatic carbocycles. The normalized spacial score (nSPS) is 17.0. The van der Waals surface area contributed by atoms with Gasteiger partial charge in [-0.2, -0.15) is 0 Å². The van der Waals surface area contributed by atoms with E-state index in [1.165, 1.54) is 4.88 Å². The molecule has 0 aliphatic carbocycles. The molecule has 1 amide bonds. The molecule has 1 saturated heterocycles. The number of hydrogen-bond acceptors (Lipinski definition) is 4. The molecule has 1 N–H and O–H groups in total. The third kappa shape index (κ3) is 4.09. The number of aryl methyl sites for hydroxylation is 1. The van der Waals surface area contributed by atoms with Crippen molar-refractivity contribution in [2.45, 2.75) is 58.6 Å². The molecule has 1 fully saturated rings. The van der Waals surface area contributed by atoms with Crippen molar-refractivity contribution in [3.63, 3.8) is 0 Å². The number of rotatable bonds is 2. The van der Waals surface area contributed by atoms with Crippen LogP contribution >= 0.6 is 11.3 Å². The van der Waals surface area contributed by atoms with Gasteiger partial charge in [0, 0.05) is 30.7 Å². The van der Waals surface area contributed by atoms with Crippen LogP contribution in [0.1, 0.15) is 51.3 Å². The number of ether oxygens (including phenoxy) is 1. The molecule has 0 bridgehead atoms. The zero-order chi connectivity index (χ0) is 15.6. The molecular weight excluding hydrogens is 286 g/mol. The Kier molecular flexibility index (Phi) is 4.76. The van der Waals surface area contributed by atoms with Gasteiger partial charge in [-0.05, 0) is 46.5 Å². The predicted octanol–water partition coefficient (Wildman–Crippen LogP) is 3.16. The Hall–Kier alpha value is -1.30. The van der Waals surface area contributed by atoms with Crippen LogP contribution in [0.3, 0.4) is 0 Å². The topological polar surface area (TPSA) is 58.3 Å². The number of nitrogens with one attached hydrogen (secondary N) is 1. The van der Waals surface area contributed by atoms with Crippen molar-refractivity contribution in [3.05, 3.63) is 15.9 Å². The van der Waals surface area contributed by atoms with Crippen LogP contribution < -0.4 is 4.80 Å². The fraction of sp³-hybridized carbons (Fsp3) is 0.733. The van der Waals surface area contributed by atoms with Crippen LogP contribution in [0, 0.1) is 5.41 Å². The summed E-state index contributed by atoms with van der Waals surface area (Å²) in [6.07, 6.45) is 3.78. The highest BCUT2D eigenvalue weighted by Gasteiger charge is 2.28. The molecule has 1 aromatic rings. The minimum atomic E-state index is -0.436. The Bertz CT molecular complexity index is 548. The molecule has 2 heterocycles. The molecule has 118 valence electrons. The number of hydrogen-bond donors (Lipinski definition) is 1. The van der Waals surface area contributed by atoms with E-state index in [0.717, 1.165) is 32.5 Å². The van der Waals surface area contributed by atoms with Gasteiger partial charge in [-0.15, -0.1) is 11.3 Å². The number of carbonyl (C=O) groups is 1. The molecule has 6 heteroatoms. The largest absolute Gasteiger partial charge is 0.444 e. The van der Waals surface area contributed by atoms with Gasteiger partial charge >= 0.3 is 6.09 Å². The molecule has 0 radical (unpaired) electrons. The number of aromatic nitrogens is 1. The Morgan fingerprint density at radius 2 is 2.05 bits per heavy atom. The summed E-state index contributed by atoms with van der Waals surface area (Å²) >= 11 is 1.56. The van der Waals surface area contributed by atoms with Crippen molar-refractivity contribution in [1.29, 1.82) is 5.41 Å². The van der Waals surface area contributed by atoms with Crippen LogP contribution in [0.2, 0.25) is 0 Å². The Labute approximate surface area is 130 Å². The zero-order valence-electron chi connectivity index (χ0n) is 13.3. The van der Waals surface area contributed by atoms with Gasteiger partial charge in [0.2, 0.25) is 0 Å². The third-order valence-electron chi connectivity index (χ3n) is 3.65. The maximum absolute atomic E-state index is 12.0. The third-order valence-corrected chi connectivity index (χ3v) is 4.75. The Morgan fingerprint density at radius 1 is 1.43 bits per heavy atom. The standard InChI is InChI=1S/C15H25N3O2S/c1-5-17-10-12(21-13(17)16)11-6-8-18(9-7-11)14(19)20-15(2,3)4/h10-11,16H,5-9H2,1-4H3. The van der Waals surface area contributed by atoms with E-state index >= 15 is 0 Å². The molecule has 21 heavy (non-hydrogen) atoms. The monoisotopic (exact) mass is 311 g/mol. The Balaban J connectivity index is 1.93. The zero-order valence-corrected chi connectivity index (χ0v) is 14.1. The van der Waals surface area contributed by atoms with Crippen molar-refractivity contribution in [1.82, 2.24) is 9.47 Å². The van der Waals surface area contributed by atoms with Gasteiger partial charge in [0.15, 0.2) is 4.80 Å². The van der Waals surface area contributed by atoms with Crippen molar-refractivity contribution in [2.75, 3.05) is 13.1 Å². The van der Waals surface area contributed by atoms with Crippen LogP contribution in [0.4, 0.5) is 4.79 Å². The molecule has 1 aromatic heterocycles. The first-order valence-corrected chi connectivity index (χ1v) is 8.34. The van der Waals surface area contributed by atoms with Gasteiger partial charge in [0.1, 0.15) is 5.60 Å². The maximum atomic E-state index is 12.0. The van der Waals surface area contributed by atoms with Gasteiger partial charge < -0.3 is 14.2 Å². The number of amides is 1. The first kappa shape index (κ1) is 16.1. The second-order valence-electron chi connectivity index (χ2n) is 6.47. The summed E-state index contributed by atoms with van der Waals surface area (Å²) in [4.78, 5) is 15.7. The second kappa shape index (κ2) is 6.22. The van der Waals surface area contributed by atoms with Crippen LogP contribution in [-0.2, 0) is 11.3 Å². The number of piperidine rings is 1. The first-order chi connectivity index (χ1) is 9.80. The van der Waals surface area contributed by atoms with E-state index < -0.39 is 5.60 Å². The summed E-state index contributed by atoms with van der Waals surface area (Å²) in [7, 11) is 0. The first-order valence-electron chi connectivity index (χ1n) is 7.53. The van der Waals surface area contributed by atoms with E-state index in [4.69, 9.17) is 10.1 Å². The fourth-order valence-electron chi connectivity index (χ4n) is 2.51. The average molecular weight is 311 g/mol. The smallest absolute Gasteiger partial charge is 0.410 e. The molecule has 5 nitrogen and oxygen atoms in total. The lowest BCUT2D eigenvalue weighted by molar-refractivity contribution is 0.0205. The predicted molar refractivity (Wildman–Crippen MR) is 83.6 cm³/mol. The van der Waals surface area contributed by atoms with Crippen LogP contribution in [0.25, 0.3) is 0 Å².